The van der Waals surface area contributed by atoms with Gasteiger partial charge in [-0.05, 0) is 43.7 Å². The number of rotatable bonds is 3. The van der Waals surface area contributed by atoms with E-state index in [-0.39, 0.29) is 6.04 Å². The number of aromatic nitrogens is 2. The van der Waals surface area contributed by atoms with Crippen LogP contribution in [0.2, 0.25) is 10.2 Å². The molecule has 6 heteroatoms. The van der Waals surface area contributed by atoms with Gasteiger partial charge in [-0.25, -0.2) is 9.97 Å². The van der Waals surface area contributed by atoms with Crippen molar-refractivity contribution in [3.8, 4) is 11.1 Å². The van der Waals surface area contributed by atoms with Crippen LogP contribution < -0.4 is 15.9 Å². The maximum Gasteiger partial charge on any atom is 0.156 e. The molecule has 2 aromatic heterocycles. The first-order chi connectivity index (χ1) is 12.6. The Balaban J connectivity index is 1.85. The molecule has 4 nitrogen and oxygen atoms in total. The smallest absolute Gasteiger partial charge is 0.156 e. The molecule has 0 fully saturated rings. The minimum atomic E-state index is 0.211. The van der Waals surface area contributed by atoms with Gasteiger partial charge in [-0.3, -0.25) is 4.99 Å². The van der Waals surface area contributed by atoms with Crippen molar-refractivity contribution in [2.24, 2.45) is 4.99 Å². The Labute approximate surface area is 161 Å². The van der Waals surface area contributed by atoms with Gasteiger partial charge in [0, 0.05) is 39.4 Å². The van der Waals surface area contributed by atoms with Gasteiger partial charge in [0.15, 0.2) is 5.82 Å². The first-order valence-corrected chi connectivity index (χ1v) is 9.07. The van der Waals surface area contributed by atoms with E-state index in [4.69, 9.17) is 28.2 Å². The Morgan fingerprint density at radius 1 is 1.08 bits per heavy atom. The number of fused-ring (bicyclic) bond motifs is 1. The normalized spacial score (nSPS) is 15.6. The molecule has 0 saturated heterocycles. The first-order valence-electron chi connectivity index (χ1n) is 8.32. The molecule has 1 unspecified atom stereocenters. The van der Waals surface area contributed by atoms with Crippen LogP contribution in [0.5, 0.6) is 0 Å². The predicted molar refractivity (Wildman–Crippen MR) is 107 cm³/mol. The van der Waals surface area contributed by atoms with Gasteiger partial charge in [-0.2, -0.15) is 0 Å². The number of hydrogen-bond acceptors (Lipinski definition) is 4. The van der Waals surface area contributed by atoms with Crippen LogP contribution in [-0.2, 0) is 0 Å². The third-order valence-electron chi connectivity index (χ3n) is 4.23. The van der Waals surface area contributed by atoms with Crippen molar-refractivity contribution < 1.29 is 0 Å². The summed E-state index contributed by atoms with van der Waals surface area (Å²) in [5, 5.41) is 6.40. The quantitative estimate of drug-likeness (QED) is 0.683. The molecule has 1 aliphatic heterocycles. The van der Waals surface area contributed by atoms with Crippen LogP contribution in [0.1, 0.15) is 13.3 Å². The lowest BCUT2D eigenvalue weighted by atomic mass is 10.0. The average molecular weight is 383 g/mol. The highest BCUT2D eigenvalue weighted by molar-refractivity contribution is 6.30. The van der Waals surface area contributed by atoms with Gasteiger partial charge >= 0.3 is 0 Å². The number of hydrogen-bond donors (Lipinski definition) is 1. The van der Waals surface area contributed by atoms with Gasteiger partial charge in [0.25, 0.3) is 0 Å². The van der Waals surface area contributed by atoms with E-state index in [2.05, 4.69) is 28.3 Å². The highest BCUT2D eigenvalue weighted by Gasteiger charge is 2.13. The Kier molecular flexibility index (Phi) is 4.62. The highest BCUT2D eigenvalue weighted by Crippen LogP contribution is 2.20. The number of nitrogens with one attached hydrogen (secondary N) is 1. The minimum absolute atomic E-state index is 0.211. The number of halogens is 2. The Hall–Kier alpha value is -2.43. The van der Waals surface area contributed by atoms with Gasteiger partial charge in [0.1, 0.15) is 10.5 Å². The molecular weight excluding hydrogens is 367 g/mol. The average Bonchev–Trinajstić information content (AvgIpc) is 2.63. The molecule has 0 aliphatic carbocycles. The maximum atomic E-state index is 6.09. The molecule has 130 valence electrons. The predicted octanol–water partition coefficient (Wildman–Crippen LogP) is 4.39. The molecule has 26 heavy (non-hydrogen) atoms. The summed E-state index contributed by atoms with van der Waals surface area (Å²) >= 11 is 12.0. The molecule has 1 N–H and O–H groups in total. The minimum Gasteiger partial charge on any atom is -0.338 e. The lowest BCUT2D eigenvalue weighted by molar-refractivity contribution is 0.737. The molecule has 3 heterocycles. The number of anilines is 2. The summed E-state index contributed by atoms with van der Waals surface area (Å²) < 4.78 is 0. The summed E-state index contributed by atoms with van der Waals surface area (Å²) in [6, 6.07) is 11.5. The van der Waals surface area contributed by atoms with Crippen LogP contribution in [0, 0.1) is 0 Å². The summed E-state index contributed by atoms with van der Waals surface area (Å²) in [6.07, 6.45) is 6.71. The molecule has 0 saturated carbocycles. The molecule has 0 radical (unpaired) electrons. The van der Waals surface area contributed by atoms with Gasteiger partial charge in [-0.1, -0.05) is 35.3 Å². The van der Waals surface area contributed by atoms with Crippen molar-refractivity contribution in [2.75, 3.05) is 5.32 Å². The fourth-order valence-corrected chi connectivity index (χ4v) is 3.28. The van der Waals surface area contributed by atoms with E-state index in [0.29, 0.717) is 10.2 Å². The van der Waals surface area contributed by atoms with Crippen LogP contribution in [0.3, 0.4) is 0 Å². The van der Waals surface area contributed by atoms with E-state index >= 15 is 0 Å². The van der Waals surface area contributed by atoms with E-state index in [0.717, 1.165) is 39.6 Å². The second-order valence-electron chi connectivity index (χ2n) is 6.21. The topological polar surface area (TPSA) is 50.2 Å². The second kappa shape index (κ2) is 7.06. The summed E-state index contributed by atoms with van der Waals surface area (Å²) in [5.41, 5.74) is 2.84. The van der Waals surface area contributed by atoms with Crippen LogP contribution >= 0.6 is 23.2 Å². The summed E-state index contributed by atoms with van der Waals surface area (Å²) in [7, 11) is 0. The fourth-order valence-electron chi connectivity index (χ4n) is 2.97. The van der Waals surface area contributed by atoms with Crippen molar-refractivity contribution in [3.05, 3.63) is 69.5 Å². The molecule has 0 spiro atoms. The van der Waals surface area contributed by atoms with Crippen molar-refractivity contribution in [2.45, 2.75) is 19.4 Å². The molecule has 3 aromatic rings. The standard InChI is InChI=1S/C20H16Cl2N4/c1-12-5-7-16-17(13-6-8-18(22)23-10-13)11-24-20(19(16)25-12)26-15-4-2-3-14(21)9-15/h2-4,6-12H,5H2,1H3,(H,24,26). The Morgan fingerprint density at radius 3 is 2.73 bits per heavy atom. The van der Waals surface area contributed by atoms with Crippen molar-refractivity contribution >= 4 is 40.8 Å². The first kappa shape index (κ1) is 17.0. The van der Waals surface area contributed by atoms with Crippen LogP contribution in [0.25, 0.3) is 17.2 Å². The molecule has 4 rings (SSSR count). The second-order valence-corrected chi connectivity index (χ2v) is 7.03. The van der Waals surface area contributed by atoms with Crippen LogP contribution in [0.15, 0.2) is 53.8 Å². The van der Waals surface area contributed by atoms with E-state index in [1.807, 2.05) is 36.5 Å². The zero-order valence-electron chi connectivity index (χ0n) is 14.1. The largest absolute Gasteiger partial charge is 0.338 e. The zero-order chi connectivity index (χ0) is 18.1. The number of nitrogens with zero attached hydrogens (tertiary/aromatic N) is 3. The number of pyridine rings is 2. The van der Waals surface area contributed by atoms with Crippen LogP contribution in [0.4, 0.5) is 11.5 Å². The van der Waals surface area contributed by atoms with Crippen molar-refractivity contribution in [3.63, 3.8) is 0 Å². The third kappa shape index (κ3) is 3.43. The molecule has 0 amide bonds. The van der Waals surface area contributed by atoms with Gasteiger partial charge in [0.2, 0.25) is 0 Å². The SMILES string of the molecule is CC1CC=c2c(-c3ccc(Cl)nc3)cnc(Nc3cccc(Cl)c3)c2=N1. The molecule has 0 bridgehead atoms. The van der Waals surface area contributed by atoms with Crippen molar-refractivity contribution in [1.82, 2.24) is 9.97 Å². The lowest BCUT2D eigenvalue weighted by Crippen LogP contribution is -2.35. The molecular formula is C20H16Cl2N4. The van der Waals surface area contributed by atoms with Crippen LogP contribution in [-0.4, -0.2) is 16.0 Å². The van der Waals surface area contributed by atoms with Gasteiger partial charge < -0.3 is 5.32 Å². The molecule has 1 atom stereocenters. The van der Waals surface area contributed by atoms with Gasteiger partial charge in [-0.15, -0.1) is 0 Å². The van der Waals surface area contributed by atoms with E-state index in [1.54, 1.807) is 12.3 Å². The highest BCUT2D eigenvalue weighted by atomic mass is 35.5. The number of benzene rings is 1. The zero-order valence-corrected chi connectivity index (χ0v) is 15.6. The molecule has 1 aromatic carbocycles. The van der Waals surface area contributed by atoms with Gasteiger partial charge in [0.05, 0.1) is 6.04 Å². The summed E-state index contributed by atoms with van der Waals surface area (Å²) in [5.74, 6) is 0.718. The van der Waals surface area contributed by atoms with E-state index in [9.17, 15) is 0 Å². The Morgan fingerprint density at radius 2 is 1.96 bits per heavy atom. The molecule has 1 aliphatic rings. The Bertz CT molecular complexity index is 1080. The summed E-state index contributed by atoms with van der Waals surface area (Å²) in [6.45, 7) is 2.10. The maximum absolute atomic E-state index is 6.09. The fraction of sp³-hybridized carbons (Fsp3) is 0.150. The summed E-state index contributed by atoms with van der Waals surface area (Å²) in [4.78, 5) is 13.6. The van der Waals surface area contributed by atoms with Crippen molar-refractivity contribution in [1.29, 1.82) is 0 Å². The van der Waals surface area contributed by atoms with E-state index < -0.39 is 0 Å². The monoisotopic (exact) mass is 382 g/mol. The third-order valence-corrected chi connectivity index (χ3v) is 4.69. The van der Waals surface area contributed by atoms with E-state index in [1.165, 1.54) is 0 Å². The lowest BCUT2D eigenvalue weighted by Gasteiger charge is -2.14.